The van der Waals surface area contributed by atoms with Gasteiger partial charge in [0.1, 0.15) is 0 Å². The third-order valence-corrected chi connectivity index (χ3v) is 6.86. The molecule has 20 heavy (non-hydrogen) atoms. The van der Waals surface area contributed by atoms with Gasteiger partial charge in [0.05, 0.1) is 5.75 Å². The predicted molar refractivity (Wildman–Crippen MR) is 83.3 cm³/mol. The summed E-state index contributed by atoms with van der Waals surface area (Å²) < 4.78 is 27.4. The number of nitrogens with zero attached hydrogens (tertiary/aromatic N) is 1. The fraction of sp³-hybridized carbons (Fsp3) is 1.00. The Morgan fingerprint density at radius 1 is 1.15 bits per heavy atom. The van der Waals surface area contributed by atoms with E-state index in [0.29, 0.717) is 18.2 Å². The Morgan fingerprint density at radius 2 is 1.75 bits per heavy atom. The van der Waals surface area contributed by atoms with Gasteiger partial charge in [0.25, 0.3) is 0 Å². The van der Waals surface area contributed by atoms with Gasteiger partial charge in [-0.25, -0.2) is 13.1 Å². The Balaban J connectivity index is 1.91. The van der Waals surface area contributed by atoms with E-state index in [0.717, 1.165) is 32.2 Å². The SMILES string of the molecule is CCN(C)C1(CNS(=O)(=O)CC2CCCC2)CCCC1. The second-order valence-corrected chi connectivity index (χ2v) is 8.55. The average molecular weight is 302 g/mol. The molecule has 5 heteroatoms. The first kappa shape index (κ1) is 16.2. The van der Waals surface area contributed by atoms with Crippen LogP contribution in [0.3, 0.4) is 0 Å². The van der Waals surface area contributed by atoms with Crippen molar-refractivity contribution in [1.29, 1.82) is 0 Å². The van der Waals surface area contributed by atoms with E-state index < -0.39 is 10.0 Å². The van der Waals surface area contributed by atoms with Crippen LogP contribution in [0.25, 0.3) is 0 Å². The predicted octanol–water partition coefficient (Wildman–Crippen LogP) is 2.36. The Morgan fingerprint density at radius 3 is 2.30 bits per heavy atom. The molecule has 0 aromatic heterocycles. The molecule has 0 amide bonds. The highest BCUT2D eigenvalue weighted by Gasteiger charge is 2.38. The van der Waals surface area contributed by atoms with Gasteiger partial charge < -0.3 is 0 Å². The number of sulfonamides is 1. The number of nitrogens with one attached hydrogen (secondary N) is 1. The number of hydrogen-bond donors (Lipinski definition) is 1. The van der Waals surface area contributed by atoms with Crippen molar-refractivity contribution >= 4 is 10.0 Å². The van der Waals surface area contributed by atoms with Crippen LogP contribution in [0, 0.1) is 5.92 Å². The lowest BCUT2D eigenvalue weighted by Crippen LogP contribution is -2.52. The molecule has 118 valence electrons. The molecule has 0 saturated heterocycles. The van der Waals surface area contributed by atoms with Crippen molar-refractivity contribution in [3.05, 3.63) is 0 Å². The van der Waals surface area contributed by atoms with Crippen LogP contribution in [-0.4, -0.2) is 44.7 Å². The quantitative estimate of drug-likeness (QED) is 0.785. The van der Waals surface area contributed by atoms with Gasteiger partial charge in [0, 0.05) is 12.1 Å². The highest BCUT2D eigenvalue weighted by atomic mass is 32.2. The summed E-state index contributed by atoms with van der Waals surface area (Å²) in [6.45, 7) is 3.71. The normalized spacial score (nSPS) is 23.8. The maximum absolute atomic E-state index is 12.3. The average Bonchev–Trinajstić information content (AvgIpc) is 3.07. The minimum atomic E-state index is -3.11. The lowest BCUT2D eigenvalue weighted by molar-refractivity contribution is 0.135. The molecular formula is C15H30N2O2S. The van der Waals surface area contributed by atoms with Gasteiger partial charge in [-0.05, 0) is 45.2 Å². The van der Waals surface area contributed by atoms with Crippen LogP contribution < -0.4 is 4.72 Å². The van der Waals surface area contributed by atoms with Crippen LogP contribution in [0.4, 0.5) is 0 Å². The number of rotatable bonds is 7. The van der Waals surface area contributed by atoms with Crippen molar-refractivity contribution in [1.82, 2.24) is 9.62 Å². The Hall–Kier alpha value is -0.130. The van der Waals surface area contributed by atoms with Gasteiger partial charge in [-0.15, -0.1) is 0 Å². The molecule has 2 saturated carbocycles. The molecule has 0 aromatic carbocycles. The van der Waals surface area contributed by atoms with Gasteiger partial charge in [0.15, 0.2) is 0 Å². The lowest BCUT2D eigenvalue weighted by atomic mass is 9.96. The first-order valence-electron chi connectivity index (χ1n) is 8.16. The topological polar surface area (TPSA) is 49.4 Å². The first-order valence-corrected chi connectivity index (χ1v) is 9.81. The van der Waals surface area contributed by atoms with E-state index in [9.17, 15) is 8.42 Å². The molecule has 4 nitrogen and oxygen atoms in total. The standard InChI is InChI=1S/C15H30N2O2S/c1-3-17(2)15(10-6-7-11-15)13-16-20(18,19)12-14-8-4-5-9-14/h14,16H,3-13H2,1-2H3. The molecule has 2 fully saturated rings. The highest BCUT2D eigenvalue weighted by Crippen LogP contribution is 2.34. The van der Waals surface area contributed by atoms with Crippen molar-refractivity contribution in [2.75, 3.05) is 25.9 Å². The zero-order valence-corrected chi connectivity index (χ0v) is 13.8. The van der Waals surface area contributed by atoms with Gasteiger partial charge in [-0.3, -0.25) is 4.90 Å². The van der Waals surface area contributed by atoms with E-state index in [-0.39, 0.29) is 5.54 Å². The summed E-state index contributed by atoms with van der Waals surface area (Å²) in [6, 6.07) is 0. The van der Waals surface area contributed by atoms with Gasteiger partial charge in [-0.1, -0.05) is 32.6 Å². The van der Waals surface area contributed by atoms with E-state index in [1.54, 1.807) is 0 Å². The number of likely N-dealkylation sites (N-methyl/N-ethyl adjacent to an activating group) is 1. The lowest BCUT2D eigenvalue weighted by Gasteiger charge is -2.38. The minimum Gasteiger partial charge on any atom is -0.300 e. The maximum atomic E-state index is 12.3. The van der Waals surface area contributed by atoms with Crippen molar-refractivity contribution in [3.8, 4) is 0 Å². The zero-order chi connectivity index (χ0) is 14.6. The zero-order valence-electron chi connectivity index (χ0n) is 13.0. The molecule has 0 radical (unpaired) electrons. The third-order valence-electron chi connectivity index (χ3n) is 5.37. The van der Waals surface area contributed by atoms with E-state index in [1.807, 2.05) is 0 Å². The van der Waals surface area contributed by atoms with E-state index in [4.69, 9.17) is 0 Å². The van der Waals surface area contributed by atoms with Gasteiger partial charge in [0.2, 0.25) is 10.0 Å². The van der Waals surface area contributed by atoms with Crippen LogP contribution in [0.15, 0.2) is 0 Å². The van der Waals surface area contributed by atoms with E-state index >= 15 is 0 Å². The van der Waals surface area contributed by atoms with E-state index in [2.05, 4.69) is 23.6 Å². The molecule has 0 bridgehead atoms. The van der Waals surface area contributed by atoms with Crippen LogP contribution >= 0.6 is 0 Å². The Labute approximate surface area is 124 Å². The van der Waals surface area contributed by atoms with Crippen molar-refractivity contribution in [2.24, 2.45) is 5.92 Å². The summed E-state index contributed by atoms with van der Waals surface area (Å²) >= 11 is 0. The number of hydrogen-bond acceptors (Lipinski definition) is 3. The second-order valence-electron chi connectivity index (χ2n) is 6.70. The second kappa shape index (κ2) is 6.75. The molecule has 0 atom stereocenters. The van der Waals surface area contributed by atoms with Crippen LogP contribution in [0.5, 0.6) is 0 Å². The minimum absolute atomic E-state index is 0.0531. The molecule has 0 spiro atoms. The van der Waals surface area contributed by atoms with Crippen molar-refractivity contribution in [3.63, 3.8) is 0 Å². The van der Waals surface area contributed by atoms with Gasteiger partial charge in [-0.2, -0.15) is 0 Å². The van der Waals surface area contributed by atoms with Crippen molar-refractivity contribution < 1.29 is 8.42 Å². The molecule has 0 aliphatic heterocycles. The molecular weight excluding hydrogens is 272 g/mol. The van der Waals surface area contributed by atoms with Crippen LogP contribution in [0.2, 0.25) is 0 Å². The summed E-state index contributed by atoms with van der Waals surface area (Å²) in [4.78, 5) is 2.33. The highest BCUT2D eigenvalue weighted by molar-refractivity contribution is 7.89. The fourth-order valence-electron chi connectivity index (χ4n) is 3.85. The summed E-state index contributed by atoms with van der Waals surface area (Å²) in [5.74, 6) is 0.717. The largest absolute Gasteiger partial charge is 0.300 e. The Bertz CT molecular complexity index is 396. The molecule has 1 N–H and O–H groups in total. The van der Waals surface area contributed by atoms with Gasteiger partial charge >= 0.3 is 0 Å². The Kier molecular flexibility index (Phi) is 5.49. The third kappa shape index (κ3) is 3.95. The van der Waals surface area contributed by atoms with Crippen molar-refractivity contribution in [2.45, 2.75) is 63.8 Å². The van der Waals surface area contributed by atoms with E-state index in [1.165, 1.54) is 25.7 Å². The van der Waals surface area contributed by atoms with Crippen LogP contribution in [-0.2, 0) is 10.0 Å². The monoisotopic (exact) mass is 302 g/mol. The maximum Gasteiger partial charge on any atom is 0.211 e. The first-order chi connectivity index (χ1) is 9.47. The molecule has 0 heterocycles. The summed E-state index contributed by atoms with van der Waals surface area (Å²) in [5.41, 5.74) is 0.0531. The van der Waals surface area contributed by atoms with Crippen LogP contribution in [0.1, 0.15) is 58.3 Å². The molecule has 2 rings (SSSR count). The summed E-state index contributed by atoms with van der Waals surface area (Å²) in [7, 11) is -0.987. The molecule has 0 aromatic rings. The fourth-order valence-corrected chi connectivity index (χ4v) is 5.41. The summed E-state index contributed by atoms with van der Waals surface area (Å²) in [5, 5.41) is 0. The summed E-state index contributed by atoms with van der Waals surface area (Å²) in [6.07, 6.45) is 9.23. The molecule has 2 aliphatic carbocycles. The molecule has 2 aliphatic rings. The smallest absolute Gasteiger partial charge is 0.211 e. The molecule has 0 unspecified atom stereocenters.